The van der Waals surface area contributed by atoms with E-state index in [4.69, 9.17) is 16.3 Å². The van der Waals surface area contributed by atoms with Crippen LogP contribution in [0.15, 0.2) is 60.9 Å². The molecule has 0 saturated heterocycles. The lowest BCUT2D eigenvalue weighted by Gasteiger charge is -2.16. The van der Waals surface area contributed by atoms with Crippen LogP contribution < -0.4 is 15.4 Å². The standard InChI is InChI=1S/C24H16ClF2N5O3.C2H6/c25-19-12-29-21-20(32-19)18(7-10-28-21)35-17-6-5-15(11-16(17)27)31-23(34)24(8-9-24)22(33)30-14-3-1-13(26)2-4-14;1-2/h1-7,10-12H,8-9H2,(H,30,33)(H,31,34);1-2H3. The largest absolute Gasteiger partial charge is 0.452 e. The number of nitrogens with one attached hydrogen (secondary N) is 2. The number of nitrogens with zero attached hydrogens (tertiary/aromatic N) is 3. The molecule has 11 heteroatoms. The molecule has 1 aliphatic carbocycles. The van der Waals surface area contributed by atoms with Crippen molar-refractivity contribution in [3.8, 4) is 11.5 Å². The smallest absolute Gasteiger partial charge is 0.240 e. The minimum Gasteiger partial charge on any atom is -0.452 e. The summed E-state index contributed by atoms with van der Waals surface area (Å²) in [6.45, 7) is 4.00. The van der Waals surface area contributed by atoms with Crippen LogP contribution in [0.1, 0.15) is 26.7 Å². The number of hydrogen-bond acceptors (Lipinski definition) is 6. The van der Waals surface area contributed by atoms with Crippen LogP contribution in [0.5, 0.6) is 11.5 Å². The summed E-state index contributed by atoms with van der Waals surface area (Å²) in [6, 6.07) is 10.6. The second-order valence-corrected chi connectivity index (χ2v) is 8.31. The third-order valence-electron chi connectivity index (χ3n) is 5.51. The topological polar surface area (TPSA) is 106 Å². The van der Waals surface area contributed by atoms with Gasteiger partial charge in [0.2, 0.25) is 11.8 Å². The number of fused-ring (bicyclic) bond motifs is 1. The normalized spacial score (nSPS) is 13.2. The molecule has 8 nitrogen and oxygen atoms in total. The Bertz CT molecular complexity index is 1460. The lowest BCUT2D eigenvalue weighted by atomic mass is 10.0. The predicted molar refractivity (Wildman–Crippen MR) is 135 cm³/mol. The van der Waals surface area contributed by atoms with E-state index >= 15 is 0 Å². The third kappa shape index (κ3) is 5.64. The van der Waals surface area contributed by atoms with E-state index in [1.807, 2.05) is 13.8 Å². The Morgan fingerprint density at radius 2 is 1.57 bits per heavy atom. The van der Waals surface area contributed by atoms with E-state index in [9.17, 15) is 18.4 Å². The molecule has 190 valence electrons. The van der Waals surface area contributed by atoms with Crippen molar-refractivity contribution in [2.75, 3.05) is 10.6 Å². The number of benzene rings is 2. The maximum absolute atomic E-state index is 14.8. The second-order valence-electron chi connectivity index (χ2n) is 7.92. The van der Waals surface area contributed by atoms with Gasteiger partial charge >= 0.3 is 0 Å². The molecule has 2 aromatic carbocycles. The van der Waals surface area contributed by atoms with Crippen molar-refractivity contribution in [1.29, 1.82) is 0 Å². The molecule has 2 heterocycles. The minimum absolute atomic E-state index is 0.118. The van der Waals surface area contributed by atoms with Crippen molar-refractivity contribution < 1.29 is 23.1 Å². The van der Waals surface area contributed by atoms with Gasteiger partial charge in [-0.3, -0.25) is 9.59 Å². The maximum Gasteiger partial charge on any atom is 0.240 e. The first-order valence-electron chi connectivity index (χ1n) is 11.5. The van der Waals surface area contributed by atoms with Gasteiger partial charge in [-0.1, -0.05) is 25.4 Å². The fourth-order valence-electron chi connectivity index (χ4n) is 3.45. The Hall–Kier alpha value is -4.18. The summed E-state index contributed by atoms with van der Waals surface area (Å²) in [7, 11) is 0. The van der Waals surface area contributed by atoms with Crippen molar-refractivity contribution in [3.05, 3.63) is 77.7 Å². The van der Waals surface area contributed by atoms with Crippen molar-refractivity contribution in [3.63, 3.8) is 0 Å². The van der Waals surface area contributed by atoms with Crippen LogP contribution in [0.3, 0.4) is 0 Å². The molecule has 1 fully saturated rings. The number of halogens is 3. The van der Waals surface area contributed by atoms with Crippen LogP contribution in [-0.4, -0.2) is 26.8 Å². The average Bonchev–Trinajstić information content (AvgIpc) is 3.71. The number of rotatable bonds is 6. The van der Waals surface area contributed by atoms with E-state index in [-0.39, 0.29) is 33.5 Å². The number of carbonyl (C=O) groups excluding carboxylic acids is 2. The van der Waals surface area contributed by atoms with E-state index < -0.39 is 28.9 Å². The Labute approximate surface area is 216 Å². The molecule has 0 radical (unpaired) electrons. The van der Waals surface area contributed by atoms with Crippen molar-refractivity contribution in [2.24, 2.45) is 5.41 Å². The molecule has 1 saturated carbocycles. The van der Waals surface area contributed by atoms with Gasteiger partial charge in [-0.2, -0.15) is 0 Å². The second kappa shape index (κ2) is 10.8. The summed E-state index contributed by atoms with van der Waals surface area (Å²) >= 11 is 5.90. The molecule has 0 bridgehead atoms. The highest BCUT2D eigenvalue weighted by molar-refractivity contribution is 6.29. The number of aromatic nitrogens is 3. The Morgan fingerprint density at radius 3 is 2.22 bits per heavy atom. The SMILES string of the molecule is CC.O=C(Nc1ccc(F)cc1)C1(C(=O)Nc2ccc(Oc3ccnc4ncc(Cl)nc34)c(F)c2)CC1. The third-order valence-corrected chi connectivity index (χ3v) is 5.69. The first-order valence-corrected chi connectivity index (χ1v) is 11.8. The summed E-state index contributed by atoms with van der Waals surface area (Å²) in [4.78, 5) is 37.7. The van der Waals surface area contributed by atoms with Gasteiger partial charge in [0.25, 0.3) is 0 Å². The molecule has 2 aromatic heterocycles. The maximum atomic E-state index is 14.8. The first-order chi connectivity index (χ1) is 17.8. The molecule has 1 aliphatic rings. The molecule has 2 N–H and O–H groups in total. The van der Waals surface area contributed by atoms with Gasteiger partial charge in [0.1, 0.15) is 16.4 Å². The number of ether oxygens (including phenoxy) is 1. The zero-order chi connectivity index (χ0) is 26.6. The number of carbonyl (C=O) groups is 2. The van der Waals surface area contributed by atoms with Crippen LogP contribution in [-0.2, 0) is 9.59 Å². The fraction of sp³-hybridized carbons (Fsp3) is 0.192. The highest BCUT2D eigenvalue weighted by Gasteiger charge is 2.56. The monoisotopic (exact) mass is 525 g/mol. The summed E-state index contributed by atoms with van der Waals surface area (Å²) in [5.74, 6) is -2.17. The van der Waals surface area contributed by atoms with Gasteiger partial charge < -0.3 is 15.4 Å². The van der Waals surface area contributed by atoms with E-state index in [1.54, 1.807) is 0 Å². The molecular formula is C26H22ClF2N5O3. The Balaban J connectivity index is 0.00000156. The zero-order valence-electron chi connectivity index (χ0n) is 19.9. The van der Waals surface area contributed by atoms with E-state index in [0.717, 1.165) is 6.07 Å². The number of amides is 2. The number of hydrogen-bond donors (Lipinski definition) is 2. The van der Waals surface area contributed by atoms with Crippen LogP contribution in [0.4, 0.5) is 20.2 Å². The summed E-state index contributed by atoms with van der Waals surface area (Å²) < 4.78 is 33.5. The van der Waals surface area contributed by atoms with Gasteiger partial charge in [-0.15, -0.1) is 0 Å². The van der Waals surface area contributed by atoms with Crippen LogP contribution in [0, 0.1) is 17.0 Å². The first kappa shape index (κ1) is 25.9. The average molecular weight is 526 g/mol. The van der Waals surface area contributed by atoms with E-state index in [0.29, 0.717) is 18.5 Å². The highest BCUT2D eigenvalue weighted by atomic mass is 35.5. The van der Waals surface area contributed by atoms with Gasteiger partial charge in [0.05, 0.1) is 6.20 Å². The molecular weight excluding hydrogens is 504 g/mol. The van der Waals surface area contributed by atoms with Crippen LogP contribution in [0.2, 0.25) is 5.15 Å². The van der Waals surface area contributed by atoms with Crippen LogP contribution >= 0.6 is 11.6 Å². The van der Waals surface area contributed by atoms with Gasteiger partial charge in [-0.25, -0.2) is 23.7 Å². The van der Waals surface area contributed by atoms with Crippen molar-refractivity contribution in [2.45, 2.75) is 26.7 Å². The van der Waals surface area contributed by atoms with Crippen molar-refractivity contribution >= 4 is 46.0 Å². The Morgan fingerprint density at radius 1 is 0.919 bits per heavy atom. The quantitative estimate of drug-likeness (QED) is 0.293. The lowest BCUT2D eigenvalue weighted by Crippen LogP contribution is -2.35. The summed E-state index contributed by atoms with van der Waals surface area (Å²) in [5, 5.41) is 5.33. The summed E-state index contributed by atoms with van der Waals surface area (Å²) in [6.07, 6.45) is 3.46. The molecule has 4 aromatic rings. The van der Waals surface area contributed by atoms with E-state index in [1.165, 1.54) is 54.9 Å². The van der Waals surface area contributed by atoms with Gasteiger partial charge in [0.15, 0.2) is 28.5 Å². The number of anilines is 2. The predicted octanol–water partition coefficient (Wildman–Crippen LogP) is 6.13. The Kier molecular flexibility index (Phi) is 7.58. The van der Waals surface area contributed by atoms with E-state index in [2.05, 4.69) is 25.6 Å². The molecule has 0 atom stereocenters. The summed E-state index contributed by atoms with van der Waals surface area (Å²) in [5.41, 5.74) is -0.196. The molecule has 2 amide bonds. The van der Waals surface area contributed by atoms with Gasteiger partial charge in [-0.05, 0) is 49.2 Å². The number of pyridine rings is 1. The minimum atomic E-state index is -1.27. The molecule has 0 unspecified atom stereocenters. The zero-order valence-corrected chi connectivity index (χ0v) is 20.6. The highest BCUT2D eigenvalue weighted by Crippen LogP contribution is 2.47. The van der Waals surface area contributed by atoms with Crippen molar-refractivity contribution in [1.82, 2.24) is 15.0 Å². The lowest BCUT2D eigenvalue weighted by molar-refractivity contribution is -0.131. The van der Waals surface area contributed by atoms with Gasteiger partial charge in [0, 0.05) is 29.7 Å². The molecule has 0 spiro atoms. The fourth-order valence-corrected chi connectivity index (χ4v) is 3.59. The molecule has 0 aliphatic heterocycles. The van der Waals surface area contributed by atoms with Crippen LogP contribution in [0.25, 0.3) is 11.2 Å². The molecule has 37 heavy (non-hydrogen) atoms. The molecule has 5 rings (SSSR count).